The zero-order valence-electron chi connectivity index (χ0n) is 15.5. The van der Waals surface area contributed by atoms with E-state index in [1.165, 1.54) is 16.3 Å². The van der Waals surface area contributed by atoms with Crippen molar-refractivity contribution in [2.45, 2.75) is 31.6 Å². The molecule has 1 saturated heterocycles. The molecule has 1 aliphatic heterocycles. The van der Waals surface area contributed by atoms with E-state index in [0.29, 0.717) is 12.3 Å². The summed E-state index contributed by atoms with van der Waals surface area (Å²) in [5.74, 6) is 0.522. The van der Waals surface area contributed by atoms with Gasteiger partial charge in [-0.05, 0) is 35.6 Å². The summed E-state index contributed by atoms with van der Waals surface area (Å²) in [4.78, 5) is 14.5. The molecule has 0 radical (unpaired) electrons. The molecular weight excluding hydrogens is 334 g/mol. The number of carbonyl (C=O) groups is 1. The van der Waals surface area contributed by atoms with Gasteiger partial charge in [0.05, 0.1) is 6.20 Å². The van der Waals surface area contributed by atoms with Crippen molar-refractivity contribution in [1.82, 2.24) is 15.1 Å². The van der Waals surface area contributed by atoms with Gasteiger partial charge in [0, 0.05) is 36.7 Å². The lowest BCUT2D eigenvalue weighted by Crippen LogP contribution is -2.39. The maximum Gasteiger partial charge on any atom is 0.222 e. The molecule has 1 N–H and O–H groups in total. The molecule has 1 atom stereocenters. The number of rotatable bonds is 5. The molecule has 27 heavy (non-hydrogen) atoms. The van der Waals surface area contributed by atoms with E-state index in [2.05, 4.69) is 59.2 Å². The van der Waals surface area contributed by atoms with Gasteiger partial charge in [-0.15, -0.1) is 6.58 Å². The highest BCUT2D eigenvalue weighted by Gasteiger charge is 2.27. The van der Waals surface area contributed by atoms with Gasteiger partial charge in [0.25, 0.3) is 0 Å². The van der Waals surface area contributed by atoms with Crippen LogP contribution >= 0.6 is 0 Å². The topological polar surface area (TPSA) is 49.0 Å². The van der Waals surface area contributed by atoms with E-state index in [1.807, 2.05) is 17.2 Å². The highest BCUT2D eigenvalue weighted by molar-refractivity contribution is 5.97. The Kier molecular flexibility index (Phi) is 5.05. The van der Waals surface area contributed by atoms with E-state index >= 15 is 0 Å². The second-order valence-corrected chi connectivity index (χ2v) is 7.23. The number of aromatic nitrogens is 2. The van der Waals surface area contributed by atoms with Crippen molar-refractivity contribution >= 4 is 16.7 Å². The van der Waals surface area contributed by atoms with Crippen LogP contribution in [0.5, 0.6) is 0 Å². The van der Waals surface area contributed by atoms with Crippen LogP contribution in [0.15, 0.2) is 61.3 Å². The van der Waals surface area contributed by atoms with E-state index in [1.54, 1.807) is 0 Å². The molecule has 1 fully saturated rings. The number of hydrogen-bond donors (Lipinski definition) is 1. The average Bonchev–Trinajstić information content (AvgIpc) is 3.21. The Bertz CT molecular complexity index is 954. The molecule has 1 aliphatic rings. The van der Waals surface area contributed by atoms with Gasteiger partial charge >= 0.3 is 0 Å². The maximum atomic E-state index is 12.5. The molecule has 3 aromatic rings. The number of aromatic amines is 1. The fourth-order valence-electron chi connectivity index (χ4n) is 4.11. The van der Waals surface area contributed by atoms with Crippen LogP contribution in [0.1, 0.15) is 37.3 Å². The predicted octanol–water partition coefficient (Wildman–Crippen LogP) is 4.90. The van der Waals surface area contributed by atoms with E-state index in [-0.39, 0.29) is 5.91 Å². The summed E-state index contributed by atoms with van der Waals surface area (Å²) in [7, 11) is 0. The molecule has 4 heteroatoms. The summed E-state index contributed by atoms with van der Waals surface area (Å²) in [5, 5.41) is 10.1. The third-order valence-corrected chi connectivity index (χ3v) is 5.49. The molecule has 2 aromatic carbocycles. The number of carbonyl (C=O) groups excluding carboxylic acids is 1. The number of hydrogen-bond acceptors (Lipinski definition) is 2. The minimum atomic E-state index is 0.228. The number of amides is 1. The lowest BCUT2D eigenvalue weighted by Gasteiger charge is -2.33. The van der Waals surface area contributed by atoms with Gasteiger partial charge in [-0.25, -0.2) is 0 Å². The van der Waals surface area contributed by atoms with Crippen molar-refractivity contribution in [3.8, 4) is 11.1 Å². The summed E-state index contributed by atoms with van der Waals surface area (Å²) in [5.41, 5.74) is 3.50. The first-order valence-corrected chi connectivity index (χ1v) is 9.68. The number of fused-ring (bicyclic) bond motifs is 1. The molecule has 1 aromatic heterocycles. The van der Waals surface area contributed by atoms with Crippen LogP contribution in [0, 0.1) is 0 Å². The average molecular weight is 359 g/mol. The second-order valence-electron chi connectivity index (χ2n) is 7.23. The van der Waals surface area contributed by atoms with Crippen LogP contribution < -0.4 is 0 Å². The van der Waals surface area contributed by atoms with Crippen LogP contribution in [-0.2, 0) is 4.79 Å². The monoisotopic (exact) mass is 359 g/mol. The van der Waals surface area contributed by atoms with Crippen LogP contribution in [-0.4, -0.2) is 34.1 Å². The van der Waals surface area contributed by atoms with Gasteiger partial charge in [0.2, 0.25) is 5.91 Å². The number of nitrogens with zero attached hydrogens (tertiary/aromatic N) is 2. The van der Waals surface area contributed by atoms with Crippen LogP contribution in [0.3, 0.4) is 0 Å². The van der Waals surface area contributed by atoms with Gasteiger partial charge in [0.15, 0.2) is 0 Å². The zero-order chi connectivity index (χ0) is 18.6. The molecule has 0 aliphatic carbocycles. The molecule has 0 unspecified atom stereocenters. The van der Waals surface area contributed by atoms with Crippen LogP contribution in [0.4, 0.5) is 0 Å². The number of nitrogens with one attached hydrogen (secondary N) is 1. The minimum Gasteiger partial charge on any atom is -0.342 e. The third-order valence-electron chi connectivity index (χ3n) is 5.49. The molecule has 0 bridgehead atoms. The molecular formula is C23H25N3O. The summed E-state index contributed by atoms with van der Waals surface area (Å²) < 4.78 is 0. The molecule has 0 saturated carbocycles. The Morgan fingerprint density at radius 1 is 1.22 bits per heavy atom. The molecule has 2 heterocycles. The Morgan fingerprint density at radius 3 is 2.96 bits per heavy atom. The Balaban J connectivity index is 1.64. The fraction of sp³-hybridized carbons (Fsp3) is 0.304. The second kappa shape index (κ2) is 7.78. The first-order valence-electron chi connectivity index (χ1n) is 9.68. The molecule has 138 valence electrons. The maximum absolute atomic E-state index is 12.5. The van der Waals surface area contributed by atoms with E-state index in [9.17, 15) is 4.79 Å². The highest BCUT2D eigenvalue weighted by atomic mass is 16.2. The lowest BCUT2D eigenvalue weighted by atomic mass is 9.89. The molecule has 4 nitrogen and oxygen atoms in total. The van der Waals surface area contributed by atoms with E-state index < -0.39 is 0 Å². The summed E-state index contributed by atoms with van der Waals surface area (Å²) in [6.45, 7) is 5.33. The van der Waals surface area contributed by atoms with Crippen LogP contribution in [0.25, 0.3) is 21.9 Å². The third kappa shape index (κ3) is 3.52. The van der Waals surface area contributed by atoms with Crippen molar-refractivity contribution < 1.29 is 4.79 Å². The Labute approximate surface area is 159 Å². The van der Waals surface area contributed by atoms with Gasteiger partial charge in [-0.3, -0.25) is 9.89 Å². The van der Waals surface area contributed by atoms with Crippen LogP contribution in [0.2, 0.25) is 0 Å². The van der Waals surface area contributed by atoms with Gasteiger partial charge in [-0.2, -0.15) is 5.10 Å². The largest absolute Gasteiger partial charge is 0.342 e. The standard InChI is InChI=1S/C23H25N3O/c1-2-3-13-22(27)26-14-7-10-18(16-26)23-21(15-24-25-23)20-12-6-9-17-8-4-5-11-19(17)20/h2,4-6,8-9,11-12,15,18H,1,3,7,10,13-14,16H2,(H,24,25)/t18-/m0/s1. The summed E-state index contributed by atoms with van der Waals surface area (Å²) in [6.07, 6.45) is 7.13. The Morgan fingerprint density at radius 2 is 2.07 bits per heavy atom. The van der Waals surface area contributed by atoms with Crippen molar-refractivity contribution in [3.05, 3.63) is 67.0 Å². The van der Waals surface area contributed by atoms with Crippen molar-refractivity contribution in [2.24, 2.45) is 0 Å². The smallest absolute Gasteiger partial charge is 0.222 e. The van der Waals surface area contributed by atoms with Crippen molar-refractivity contribution in [1.29, 1.82) is 0 Å². The summed E-state index contributed by atoms with van der Waals surface area (Å²) >= 11 is 0. The first-order chi connectivity index (χ1) is 13.3. The SMILES string of the molecule is C=CCCC(=O)N1CCC[C@H](c2[nH]ncc2-c2cccc3ccccc23)C1. The Hall–Kier alpha value is -2.88. The molecule has 0 spiro atoms. The van der Waals surface area contributed by atoms with Crippen molar-refractivity contribution in [3.63, 3.8) is 0 Å². The number of benzene rings is 2. The lowest BCUT2D eigenvalue weighted by molar-refractivity contribution is -0.132. The zero-order valence-corrected chi connectivity index (χ0v) is 15.5. The first kappa shape index (κ1) is 17.5. The van der Waals surface area contributed by atoms with E-state index in [0.717, 1.165) is 43.6 Å². The van der Waals surface area contributed by atoms with E-state index in [4.69, 9.17) is 0 Å². The van der Waals surface area contributed by atoms with Gasteiger partial charge in [-0.1, -0.05) is 48.5 Å². The minimum absolute atomic E-state index is 0.228. The molecule has 4 rings (SSSR count). The number of likely N-dealkylation sites (tertiary alicyclic amines) is 1. The number of H-pyrrole nitrogens is 1. The highest BCUT2D eigenvalue weighted by Crippen LogP contribution is 2.36. The predicted molar refractivity (Wildman–Crippen MR) is 110 cm³/mol. The summed E-state index contributed by atoms with van der Waals surface area (Å²) in [6, 6.07) is 14.8. The van der Waals surface area contributed by atoms with Crippen molar-refractivity contribution in [2.75, 3.05) is 13.1 Å². The molecule has 1 amide bonds. The normalized spacial score (nSPS) is 17.2. The quantitative estimate of drug-likeness (QED) is 0.659. The van der Waals surface area contributed by atoms with Gasteiger partial charge in [0.1, 0.15) is 0 Å². The fourth-order valence-corrected chi connectivity index (χ4v) is 4.11. The number of allylic oxidation sites excluding steroid dienone is 1. The van der Waals surface area contributed by atoms with Gasteiger partial charge < -0.3 is 4.90 Å². The number of piperidine rings is 1.